The highest BCUT2D eigenvalue weighted by Crippen LogP contribution is 2.23. The van der Waals surface area contributed by atoms with E-state index in [0.717, 1.165) is 11.1 Å². The van der Waals surface area contributed by atoms with Gasteiger partial charge in [-0.1, -0.05) is 29.8 Å². The summed E-state index contributed by atoms with van der Waals surface area (Å²) >= 11 is 0. The van der Waals surface area contributed by atoms with Crippen molar-refractivity contribution in [3.8, 4) is 11.1 Å². The van der Waals surface area contributed by atoms with E-state index in [1.165, 1.54) is 5.56 Å². The molecule has 0 aliphatic carbocycles. The van der Waals surface area contributed by atoms with Gasteiger partial charge in [0.15, 0.2) is 0 Å². The number of hydrogen-bond acceptors (Lipinski definition) is 3. The maximum absolute atomic E-state index is 11.8. The Balaban J connectivity index is 2.44. The van der Waals surface area contributed by atoms with Gasteiger partial charge in [0.25, 0.3) is 0 Å². The van der Waals surface area contributed by atoms with Crippen LogP contribution in [0.5, 0.6) is 0 Å². The van der Waals surface area contributed by atoms with Crippen molar-refractivity contribution in [1.29, 1.82) is 0 Å². The van der Waals surface area contributed by atoms with Crippen molar-refractivity contribution in [1.82, 2.24) is 4.98 Å². The summed E-state index contributed by atoms with van der Waals surface area (Å²) in [6.07, 6.45) is 3.23. The molecule has 1 heterocycles. The van der Waals surface area contributed by atoms with E-state index in [2.05, 4.69) is 4.98 Å². The normalized spacial score (nSPS) is 10.1. The zero-order chi connectivity index (χ0) is 13.0. The minimum atomic E-state index is -0.332. The summed E-state index contributed by atoms with van der Waals surface area (Å²) in [4.78, 5) is 15.8. The average Bonchev–Trinajstić information content (AvgIpc) is 2.40. The zero-order valence-corrected chi connectivity index (χ0v) is 10.5. The lowest BCUT2D eigenvalue weighted by molar-refractivity contribution is 0.0527. The Hall–Kier alpha value is -2.16. The summed E-state index contributed by atoms with van der Waals surface area (Å²) in [6, 6.07) is 9.85. The van der Waals surface area contributed by atoms with Gasteiger partial charge < -0.3 is 4.74 Å². The quantitative estimate of drug-likeness (QED) is 0.774. The number of pyridine rings is 1. The maximum Gasteiger partial charge on any atom is 0.340 e. The Kier molecular flexibility index (Phi) is 3.72. The highest BCUT2D eigenvalue weighted by molar-refractivity contribution is 5.96. The summed E-state index contributed by atoms with van der Waals surface area (Å²) in [7, 11) is 0. The van der Waals surface area contributed by atoms with Crippen LogP contribution in [-0.4, -0.2) is 17.6 Å². The van der Waals surface area contributed by atoms with E-state index in [9.17, 15) is 4.79 Å². The fourth-order valence-electron chi connectivity index (χ4n) is 1.75. The van der Waals surface area contributed by atoms with E-state index >= 15 is 0 Å². The van der Waals surface area contributed by atoms with Crippen molar-refractivity contribution in [2.24, 2.45) is 0 Å². The summed E-state index contributed by atoms with van der Waals surface area (Å²) in [5, 5.41) is 0. The molecule has 0 saturated carbocycles. The predicted octanol–water partition coefficient (Wildman–Crippen LogP) is 3.23. The van der Waals surface area contributed by atoms with E-state index in [0.29, 0.717) is 12.2 Å². The summed E-state index contributed by atoms with van der Waals surface area (Å²) in [5.74, 6) is -0.332. The molecule has 0 radical (unpaired) electrons. The first-order chi connectivity index (χ1) is 8.72. The van der Waals surface area contributed by atoms with Crippen LogP contribution in [0.2, 0.25) is 0 Å². The molecule has 18 heavy (non-hydrogen) atoms. The number of ether oxygens (including phenoxy) is 1. The van der Waals surface area contributed by atoms with E-state index in [1.807, 2.05) is 37.3 Å². The Morgan fingerprint density at radius 3 is 2.61 bits per heavy atom. The van der Waals surface area contributed by atoms with Gasteiger partial charge in [-0.2, -0.15) is 0 Å². The van der Waals surface area contributed by atoms with E-state index < -0.39 is 0 Å². The van der Waals surface area contributed by atoms with E-state index in [-0.39, 0.29) is 5.97 Å². The SMILES string of the molecule is CCOC(=O)c1cnccc1-c1ccc(C)cc1. The van der Waals surface area contributed by atoms with Crippen molar-refractivity contribution < 1.29 is 9.53 Å². The second-order valence-corrected chi connectivity index (χ2v) is 4.01. The van der Waals surface area contributed by atoms with Crippen LogP contribution < -0.4 is 0 Å². The van der Waals surface area contributed by atoms with Crippen LogP contribution in [0.15, 0.2) is 42.7 Å². The molecule has 1 aromatic heterocycles. The number of benzene rings is 1. The number of aryl methyl sites for hydroxylation is 1. The first kappa shape index (κ1) is 12.3. The topological polar surface area (TPSA) is 39.2 Å². The van der Waals surface area contributed by atoms with Crippen LogP contribution in [0.25, 0.3) is 11.1 Å². The van der Waals surface area contributed by atoms with Gasteiger partial charge in [-0.05, 0) is 31.0 Å². The number of rotatable bonds is 3. The van der Waals surface area contributed by atoms with Gasteiger partial charge in [-0.25, -0.2) is 4.79 Å². The van der Waals surface area contributed by atoms with Gasteiger partial charge in [-0.15, -0.1) is 0 Å². The highest BCUT2D eigenvalue weighted by atomic mass is 16.5. The molecule has 0 bridgehead atoms. The Bertz CT molecular complexity index is 547. The molecular weight excluding hydrogens is 226 g/mol. The minimum absolute atomic E-state index is 0.332. The molecular formula is C15H15NO2. The lowest BCUT2D eigenvalue weighted by Gasteiger charge is -2.08. The molecule has 0 unspecified atom stereocenters. The van der Waals surface area contributed by atoms with Crippen molar-refractivity contribution in [3.63, 3.8) is 0 Å². The smallest absolute Gasteiger partial charge is 0.340 e. The number of esters is 1. The van der Waals surface area contributed by atoms with Crippen LogP contribution in [0.4, 0.5) is 0 Å². The Morgan fingerprint density at radius 2 is 1.94 bits per heavy atom. The van der Waals surface area contributed by atoms with E-state index in [4.69, 9.17) is 4.74 Å². The average molecular weight is 241 g/mol. The maximum atomic E-state index is 11.8. The summed E-state index contributed by atoms with van der Waals surface area (Å²) < 4.78 is 5.03. The standard InChI is InChI=1S/C15H15NO2/c1-3-18-15(17)14-10-16-9-8-13(14)12-6-4-11(2)5-7-12/h4-10H,3H2,1-2H3. The molecule has 3 heteroatoms. The van der Waals surface area contributed by atoms with E-state index in [1.54, 1.807) is 19.3 Å². The molecule has 0 aliphatic rings. The third-order valence-electron chi connectivity index (χ3n) is 2.68. The third kappa shape index (κ3) is 2.56. The summed E-state index contributed by atoms with van der Waals surface area (Å²) in [5.41, 5.74) is 3.53. The predicted molar refractivity (Wildman–Crippen MR) is 70.4 cm³/mol. The first-order valence-electron chi connectivity index (χ1n) is 5.90. The fraction of sp³-hybridized carbons (Fsp3) is 0.200. The summed E-state index contributed by atoms with van der Waals surface area (Å²) in [6.45, 7) is 4.18. The van der Waals surface area contributed by atoms with Gasteiger partial charge in [-0.3, -0.25) is 4.98 Å². The van der Waals surface area contributed by atoms with Crippen molar-refractivity contribution in [2.75, 3.05) is 6.61 Å². The molecule has 92 valence electrons. The lowest BCUT2D eigenvalue weighted by atomic mass is 10.0. The molecule has 0 amide bonds. The first-order valence-corrected chi connectivity index (χ1v) is 5.90. The van der Waals surface area contributed by atoms with Crippen LogP contribution in [-0.2, 0) is 4.74 Å². The molecule has 2 rings (SSSR count). The van der Waals surface area contributed by atoms with Crippen LogP contribution in [0.3, 0.4) is 0 Å². The molecule has 0 N–H and O–H groups in total. The molecule has 0 atom stereocenters. The number of hydrogen-bond donors (Lipinski definition) is 0. The second-order valence-electron chi connectivity index (χ2n) is 4.01. The number of nitrogens with zero attached hydrogens (tertiary/aromatic N) is 1. The minimum Gasteiger partial charge on any atom is -0.462 e. The van der Waals surface area contributed by atoms with Gasteiger partial charge in [0, 0.05) is 12.4 Å². The lowest BCUT2D eigenvalue weighted by Crippen LogP contribution is -2.06. The van der Waals surface area contributed by atoms with Crippen LogP contribution in [0.1, 0.15) is 22.8 Å². The largest absolute Gasteiger partial charge is 0.462 e. The third-order valence-corrected chi connectivity index (χ3v) is 2.68. The number of carbonyl (C=O) groups is 1. The molecule has 3 nitrogen and oxygen atoms in total. The van der Waals surface area contributed by atoms with Crippen molar-refractivity contribution in [2.45, 2.75) is 13.8 Å². The molecule has 0 spiro atoms. The zero-order valence-electron chi connectivity index (χ0n) is 10.5. The molecule has 0 fully saturated rings. The fourth-order valence-corrected chi connectivity index (χ4v) is 1.75. The molecule has 2 aromatic rings. The Morgan fingerprint density at radius 1 is 1.22 bits per heavy atom. The van der Waals surface area contributed by atoms with Gasteiger partial charge in [0.05, 0.1) is 12.2 Å². The molecule has 1 aromatic carbocycles. The van der Waals surface area contributed by atoms with Crippen LogP contribution in [0, 0.1) is 6.92 Å². The number of aromatic nitrogens is 1. The van der Waals surface area contributed by atoms with Gasteiger partial charge in [0.1, 0.15) is 0 Å². The monoisotopic (exact) mass is 241 g/mol. The number of carbonyl (C=O) groups excluding carboxylic acids is 1. The Labute approximate surface area is 106 Å². The van der Waals surface area contributed by atoms with Crippen molar-refractivity contribution in [3.05, 3.63) is 53.9 Å². The van der Waals surface area contributed by atoms with Gasteiger partial charge >= 0.3 is 5.97 Å². The highest BCUT2D eigenvalue weighted by Gasteiger charge is 2.13. The second kappa shape index (κ2) is 5.45. The van der Waals surface area contributed by atoms with Crippen LogP contribution >= 0.6 is 0 Å². The molecule has 0 aliphatic heterocycles. The van der Waals surface area contributed by atoms with Gasteiger partial charge in [0.2, 0.25) is 0 Å². The van der Waals surface area contributed by atoms with Crippen molar-refractivity contribution >= 4 is 5.97 Å². The molecule has 0 saturated heterocycles.